The van der Waals surface area contributed by atoms with E-state index in [1.165, 1.54) is 12.1 Å². The fourth-order valence-corrected chi connectivity index (χ4v) is 2.13. The van der Waals surface area contributed by atoms with Crippen molar-refractivity contribution in [3.8, 4) is 5.75 Å². The van der Waals surface area contributed by atoms with Crippen LogP contribution in [0.15, 0.2) is 52.1 Å². The number of hydrogen-bond acceptors (Lipinski definition) is 3. The van der Waals surface area contributed by atoms with Gasteiger partial charge in [-0.15, -0.1) is 24.0 Å². The lowest BCUT2D eigenvalue weighted by molar-refractivity contribution is 0.281. The Morgan fingerprint density at radius 2 is 2.04 bits per heavy atom. The quantitative estimate of drug-likeness (QED) is 0.371. The van der Waals surface area contributed by atoms with Crippen LogP contribution in [0.2, 0.25) is 0 Å². The van der Waals surface area contributed by atoms with Gasteiger partial charge >= 0.3 is 0 Å². The number of ether oxygens (including phenoxy) is 1. The number of nitrogens with zero attached hydrogens (tertiary/aromatic N) is 2. The van der Waals surface area contributed by atoms with E-state index in [-0.39, 0.29) is 29.8 Å². The molecule has 0 radical (unpaired) electrons. The molecule has 0 aliphatic carbocycles. The second kappa shape index (κ2) is 11.7. The molecule has 0 aliphatic heterocycles. The topological polar surface area (TPSA) is 50.0 Å². The van der Waals surface area contributed by atoms with E-state index in [2.05, 4.69) is 10.3 Å². The standard InChI is InChI=1S/C18H24FN3O2.HI/c1-3-20-18(21-11-10-16-5-4-13-23-16)22(2)12-14-24-17-8-6-15(19)7-9-17;/h4-9,13H,3,10-12,14H2,1-2H3,(H,20,21);1H. The van der Waals surface area contributed by atoms with Gasteiger partial charge in [0, 0.05) is 26.6 Å². The molecule has 138 valence electrons. The Bertz CT molecular complexity index is 618. The fraction of sp³-hybridized carbons (Fsp3) is 0.389. The van der Waals surface area contributed by atoms with Gasteiger partial charge in [0.15, 0.2) is 5.96 Å². The second-order valence-electron chi connectivity index (χ2n) is 5.29. The molecule has 0 amide bonds. The van der Waals surface area contributed by atoms with Gasteiger partial charge in [0.05, 0.1) is 12.8 Å². The average Bonchev–Trinajstić information content (AvgIpc) is 3.09. The third-order valence-electron chi connectivity index (χ3n) is 3.41. The Morgan fingerprint density at radius 3 is 2.68 bits per heavy atom. The van der Waals surface area contributed by atoms with Gasteiger partial charge in [0.1, 0.15) is 23.9 Å². The maximum atomic E-state index is 12.9. The van der Waals surface area contributed by atoms with Crippen molar-refractivity contribution in [3.63, 3.8) is 0 Å². The van der Waals surface area contributed by atoms with Gasteiger partial charge in [-0.05, 0) is 43.3 Å². The molecule has 1 N–H and O–H groups in total. The molecule has 0 atom stereocenters. The van der Waals surface area contributed by atoms with Crippen LogP contribution in [0.3, 0.4) is 0 Å². The number of furan rings is 1. The van der Waals surface area contributed by atoms with Crippen molar-refractivity contribution in [3.05, 3.63) is 54.2 Å². The first-order chi connectivity index (χ1) is 11.7. The maximum absolute atomic E-state index is 12.9. The third-order valence-corrected chi connectivity index (χ3v) is 3.41. The van der Waals surface area contributed by atoms with Crippen molar-refractivity contribution in [2.45, 2.75) is 13.3 Å². The number of nitrogens with one attached hydrogen (secondary N) is 1. The average molecular weight is 461 g/mol. The summed E-state index contributed by atoms with van der Waals surface area (Å²) in [7, 11) is 1.96. The Balaban J connectivity index is 0.00000312. The molecule has 0 aliphatic rings. The highest BCUT2D eigenvalue weighted by atomic mass is 127. The van der Waals surface area contributed by atoms with E-state index in [1.54, 1.807) is 18.4 Å². The highest BCUT2D eigenvalue weighted by Gasteiger charge is 2.06. The van der Waals surface area contributed by atoms with Crippen LogP contribution >= 0.6 is 24.0 Å². The molecule has 25 heavy (non-hydrogen) atoms. The van der Waals surface area contributed by atoms with E-state index in [0.29, 0.717) is 25.4 Å². The molecule has 1 heterocycles. The number of guanidine groups is 1. The molecule has 7 heteroatoms. The van der Waals surface area contributed by atoms with E-state index in [4.69, 9.17) is 9.15 Å². The molecule has 2 rings (SSSR count). The summed E-state index contributed by atoms with van der Waals surface area (Å²) in [4.78, 5) is 6.60. The smallest absolute Gasteiger partial charge is 0.193 e. The van der Waals surface area contributed by atoms with Gasteiger partial charge in [0.25, 0.3) is 0 Å². The van der Waals surface area contributed by atoms with Gasteiger partial charge in [-0.2, -0.15) is 0 Å². The molecule has 0 fully saturated rings. The van der Waals surface area contributed by atoms with Gasteiger partial charge in [-0.3, -0.25) is 4.99 Å². The summed E-state index contributed by atoms with van der Waals surface area (Å²) in [5, 5.41) is 3.26. The van der Waals surface area contributed by atoms with Gasteiger partial charge in [-0.25, -0.2) is 4.39 Å². The van der Waals surface area contributed by atoms with Gasteiger partial charge in [0.2, 0.25) is 0 Å². The molecular weight excluding hydrogens is 436 g/mol. The van der Waals surface area contributed by atoms with Crippen molar-refractivity contribution in [1.29, 1.82) is 0 Å². The zero-order valence-corrected chi connectivity index (χ0v) is 16.9. The molecule has 0 saturated carbocycles. The Kier molecular flexibility index (Phi) is 9.98. The summed E-state index contributed by atoms with van der Waals surface area (Å²) >= 11 is 0. The highest BCUT2D eigenvalue weighted by molar-refractivity contribution is 14.0. The van der Waals surface area contributed by atoms with Crippen LogP contribution in [0.4, 0.5) is 4.39 Å². The van der Waals surface area contributed by atoms with Crippen molar-refractivity contribution in [2.75, 3.05) is 33.3 Å². The molecular formula is C18H25FIN3O2. The predicted molar refractivity (Wildman–Crippen MR) is 108 cm³/mol. The zero-order valence-electron chi connectivity index (χ0n) is 14.6. The van der Waals surface area contributed by atoms with Crippen LogP contribution in [0.5, 0.6) is 5.75 Å². The summed E-state index contributed by atoms with van der Waals surface area (Å²) in [5.41, 5.74) is 0. The Labute approximate surface area is 165 Å². The van der Waals surface area contributed by atoms with Crippen LogP contribution in [0.25, 0.3) is 0 Å². The van der Waals surface area contributed by atoms with Crippen LogP contribution in [0.1, 0.15) is 12.7 Å². The van der Waals surface area contributed by atoms with Crippen LogP contribution < -0.4 is 10.1 Å². The first-order valence-corrected chi connectivity index (χ1v) is 8.09. The summed E-state index contributed by atoms with van der Waals surface area (Å²) in [5.74, 6) is 2.14. The molecule has 0 spiro atoms. The molecule has 0 saturated heterocycles. The van der Waals surface area contributed by atoms with Crippen molar-refractivity contribution >= 4 is 29.9 Å². The van der Waals surface area contributed by atoms with E-state index >= 15 is 0 Å². The summed E-state index contributed by atoms with van der Waals surface area (Å²) < 4.78 is 23.8. The highest BCUT2D eigenvalue weighted by Crippen LogP contribution is 2.10. The largest absolute Gasteiger partial charge is 0.492 e. The minimum Gasteiger partial charge on any atom is -0.492 e. The third kappa shape index (κ3) is 7.76. The first-order valence-electron chi connectivity index (χ1n) is 8.09. The van der Waals surface area contributed by atoms with E-state index < -0.39 is 0 Å². The number of rotatable bonds is 8. The number of benzene rings is 1. The van der Waals surface area contributed by atoms with Gasteiger partial charge < -0.3 is 19.4 Å². The lowest BCUT2D eigenvalue weighted by Gasteiger charge is -2.22. The minimum absolute atomic E-state index is 0. The van der Waals surface area contributed by atoms with Crippen LogP contribution in [0, 0.1) is 5.82 Å². The van der Waals surface area contributed by atoms with Crippen molar-refractivity contribution in [2.24, 2.45) is 4.99 Å². The number of hydrogen-bond donors (Lipinski definition) is 1. The maximum Gasteiger partial charge on any atom is 0.193 e. The Morgan fingerprint density at radius 1 is 1.28 bits per heavy atom. The molecule has 2 aromatic rings. The number of halogens is 2. The number of likely N-dealkylation sites (N-methyl/N-ethyl adjacent to an activating group) is 1. The van der Waals surface area contributed by atoms with Gasteiger partial charge in [-0.1, -0.05) is 0 Å². The lowest BCUT2D eigenvalue weighted by atomic mass is 10.3. The summed E-state index contributed by atoms with van der Waals surface area (Å²) in [6.45, 7) is 4.64. The first kappa shape index (κ1) is 21.3. The molecule has 0 unspecified atom stereocenters. The Hall–Kier alpha value is -1.77. The van der Waals surface area contributed by atoms with E-state index in [9.17, 15) is 4.39 Å². The van der Waals surface area contributed by atoms with Crippen LogP contribution in [-0.4, -0.2) is 44.1 Å². The normalized spacial score (nSPS) is 10.9. The molecule has 5 nitrogen and oxygen atoms in total. The monoisotopic (exact) mass is 461 g/mol. The van der Waals surface area contributed by atoms with Crippen molar-refractivity contribution < 1.29 is 13.5 Å². The minimum atomic E-state index is -0.266. The SMILES string of the molecule is CCNC(=NCCc1ccco1)N(C)CCOc1ccc(F)cc1.I. The van der Waals surface area contributed by atoms with E-state index in [1.807, 2.05) is 31.0 Å². The summed E-state index contributed by atoms with van der Waals surface area (Å²) in [6.07, 6.45) is 2.44. The zero-order chi connectivity index (χ0) is 17.2. The molecule has 1 aromatic heterocycles. The molecule has 1 aromatic carbocycles. The fourth-order valence-electron chi connectivity index (χ4n) is 2.13. The number of aliphatic imine (C=N–C) groups is 1. The van der Waals surface area contributed by atoms with Crippen molar-refractivity contribution in [1.82, 2.24) is 10.2 Å². The second-order valence-corrected chi connectivity index (χ2v) is 5.29. The van der Waals surface area contributed by atoms with Crippen LogP contribution in [-0.2, 0) is 6.42 Å². The predicted octanol–water partition coefficient (Wildman–Crippen LogP) is 3.56. The lowest BCUT2D eigenvalue weighted by Crippen LogP contribution is -2.41. The summed E-state index contributed by atoms with van der Waals surface area (Å²) in [6, 6.07) is 9.85. The molecule has 0 bridgehead atoms. The van der Waals surface area contributed by atoms with E-state index in [0.717, 1.165) is 24.7 Å².